The van der Waals surface area contributed by atoms with Gasteiger partial charge in [-0.2, -0.15) is 0 Å². The largest absolute Gasteiger partial charge is 0.497 e. The highest BCUT2D eigenvalue weighted by molar-refractivity contribution is 7.99. The van der Waals surface area contributed by atoms with E-state index in [1.807, 2.05) is 29.7 Å². The number of rotatable bonds is 12. The number of carbonyl (C=O) groups is 3. The third-order valence-electron chi connectivity index (χ3n) is 6.09. The molecule has 2 amide bonds. The summed E-state index contributed by atoms with van der Waals surface area (Å²) in [5.41, 5.74) is 1.98. The lowest BCUT2D eigenvalue weighted by Crippen LogP contribution is -2.19. The van der Waals surface area contributed by atoms with E-state index in [0.717, 1.165) is 16.9 Å². The van der Waals surface area contributed by atoms with Crippen LogP contribution in [0, 0.1) is 6.92 Å². The van der Waals surface area contributed by atoms with Crippen LogP contribution in [-0.2, 0) is 16.1 Å². The van der Waals surface area contributed by atoms with Crippen molar-refractivity contribution in [1.82, 2.24) is 14.8 Å². The highest BCUT2D eigenvalue weighted by Gasteiger charge is 2.27. The number of thiophene rings is 1. The Balaban J connectivity index is 1.54. The maximum Gasteiger partial charge on any atom is 0.348 e. The van der Waals surface area contributed by atoms with Gasteiger partial charge < -0.3 is 29.4 Å². The summed E-state index contributed by atoms with van der Waals surface area (Å²) in [6.07, 6.45) is 0. The summed E-state index contributed by atoms with van der Waals surface area (Å²) in [5, 5.41) is 15.1. The number of nitrogens with one attached hydrogen (secondary N) is 2. The number of anilines is 2. The van der Waals surface area contributed by atoms with Crippen LogP contribution in [0.1, 0.15) is 39.4 Å². The molecule has 0 saturated heterocycles. The maximum absolute atomic E-state index is 13.3. The van der Waals surface area contributed by atoms with Crippen LogP contribution in [0.15, 0.2) is 53.7 Å². The van der Waals surface area contributed by atoms with E-state index in [2.05, 4.69) is 20.8 Å². The number of esters is 1. The number of thioether (sulfide) groups is 1. The Morgan fingerprint density at radius 2 is 1.67 bits per heavy atom. The fourth-order valence-electron chi connectivity index (χ4n) is 4.10. The van der Waals surface area contributed by atoms with Crippen LogP contribution in [0.5, 0.6) is 11.5 Å². The lowest BCUT2D eigenvalue weighted by atomic mass is 10.1. The molecule has 4 rings (SSSR count). The highest BCUT2D eigenvalue weighted by Crippen LogP contribution is 2.35. The standard InChI is InChI=1S/C29H31N5O6S2/c1-6-34-25(18-13-20(38-4)15-21(14-18)39-5)32-33-29(34)41-16-22(35)31-27-23(17(3)24(42-27)28(37)40-7-2)26(36)30-19-11-9-8-10-12-19/h8-15H,6-7,16H2,1-5H3,(H,30,36)(H,31,35). The molecule has 0 spiro atoms. The summed E-state index contributed by atoms with van der Waals surface area (Å²) in [5.74, 6) is 0.448. The van der Waals surface area contributed by atoms with Gasteiger partial charge in [0.2, 0.25) is 5.91 Å². The Morgan fingerprint density at radius 1 is 0.976 bits per heavy atom. The minimum atomic E-state index is -0.554. The Hall–Kier alpha value is -4.36. The predicted octanol–water partition coefficient (Wildman–Crippen LogP) is 5.51. The lowest BCUT2D eigenvalue weighted by molar-refractivity contribution is -0.113. The first kappa shape index (κ1) is 30.6. The van der Waals surface area contributed by atoms with Crippen molar-refractivity contribution in [3.63, 3.8) is 0 Å². The van der Waals surface area contributed by atoms with Gasteiger partial charge >= 0.3 is 5.97 Å². The first-order chi connectivity index (χ1) is 20.3. The van der Waals surface area contributed by atoms with Crippen molar-refractivity contribution in [3.8, 4) is 22.9 Å². The van der Waals surface area contributed by atoms with E-state index in [9.17, 15) is 14.4 Å². The van der Waals surface area contributed by atoms with E-state index < -0.39 is 11.9 Å². The van der Waals surface area contributed by atoms with Gasteiger partial charge in [0.05, 0.1) is 32.1 Å². The van der Waals surface area contributed by atoms with Crippen LogP contribution in [-0.4, -0.2) is 59.1 Å². The number of amides is 2. The van der Waals surface area contributed by atoms with Gasteiger partial charge in [-0.05, 0) is 50.6 Å². The van der Waals surface area contributed by atoms with Crippen molar-refractivity contribution in [2.24, 2.45) is 0 Å². The summed E-state index contributed by atoms with van der Waals surface area (Å²) >= 11 is 2.21. The number of hydrogen-bond donors (Lipinski definition) is 2. The zero-order valence-corrected chi connectivity index (χ0v) is 25.5. The van der Waals surface area contributed by atoms with Crippen LogP contribution in [0.4, 0.5) is 10.7 Å². The number of nitrogens with zero attached hydrogens (tertiary/aromatic N) is 3. The molecule has 0 aliphatic carbocycles. The molecule has 42 heavy (non-hydrogen) atoms. The zero-order chi connectivity index (χ0) is 30.2. The molecular formula is C29H31N5O6S2. The van der Waals surface area contributed by atoms with Gasteiger partial charge in [-0.3, -0.25) is 9.59 Å². The van der Waals surface area contributed by atoms with Crippen molar-refractivity contribution in [2.75, 3.05) is 37.2 Å². The van der Waals surface area contributed by atoms with Gasteiger partial charge in [-0.1, -0.05) is 30.0 Å². The monoisotopic (exact) mass is 609 g/mol. The Labute approximate surface area is 251 Å². The minimum absolute atomic E-state index is 0.00893. The van der Waals surface area contributed by atoms with Crippen LogP contribution in [0.3, 0.4) is 0 Å². The second-order valence-corrected chi connectivity index (χ2v) is 10.8. The summed E-state index contributed by atoms with van der Waals surface area (Å²) in [4.78, 5) is 39.2. The highest BCUT2D eigenvalue weighted by atomic mass is 32.2. The number of methoxy groups -OCH3 is 2. The van der Waals surface area contributed by atoms with Gasteiger partial charge in [0, 0.05) is 23.9 Å². The van der Waals surface area contributed by atoms with Crippen LogP contribution >= 0.6 is 23.1 Å². The fraction of sp³-hybridized carbons (Fsp3) is 0.276. The van der Waals surface area contributed by atoms with Gasteiger partial charge in [-0.15, -0.1) is 21.5 Å². The molecule has 220 valence electrons. The van der Waals surface area contributed by atoms with Crippen LogP contribution in [0.2, 0.25) is 0 Å². The van der Waals surface area contributed by atoms with Gasteiger partial charge in [0.25, 0.3) is 5.91 Å². The number of benzene rings is 2. The molecule has 2 aromatic carbocycles. The topological polar surface area (TPSA) is 134 Å². The molecule has 13 heteroatoms. The second-order valence-electron chi connectivity index (χ2n) is 8.79. The molecule has 0 aliphatic heterocycles. The van der Waals surface area contributed by atoms with Crippen molar-refractivity contribution in [2.45, 2.75) is 32.5 Å². The normalized spacial score (nSPS) is 10.7. The quantitative estimate of drug-likeness (QED) is 0.157. The molecular weight excluding hydrogens is 578 g/mol. The molecule has 4 aromatic rings. The Kier molecular flexibility index (Phi) is 10.2. The molecule has 2 N–H and O–H groups in total. The average molecular weight is 610 g/mol. The molecule has 0 aliphatic rings. The number of ether oxygens (including phenoxy) is 3. The van der Waals surface area contributed by atoms with Crippen molar-refractivity contribution in [3.05, 3.63) is 64.5 Å². The molecule has 0 bridgehead atoms. The molecule has 2 aromatic heterocycles. The summed E-state index contributed by atoms with van der Waals surface area (Å²) in [7, 11) is 3.15. The van der Waals surface area contributed by atoms with E-state index in [1.165, 1.54) is 11.8 Å². The van der Waals surface area contributed by atoms with E-state index >= 15 is 0 Å². The maximum atomic E-state index is 13.3. The minimum Gasteiger partial charge on any atom is -0.497 e. The fourth-order valence-corrected chi connectivity index (χ4v) is 6.02. The predicted molar refractivity (Wildman–Crippen MR) is 163 cm³/mol. The summed E-state index contributed by atoms with van der Waals surface area (Å²) in [6.45, 7) is 6.06. The lowest BCUT2D eigenvalue weighted by Gasteiger charge is -2.11. The van der Waals surface area contributed by atoms with Crippen LogP contribution < -0.4 is 20.1 Å². The Morgan fingerprint density at radius 3 is 2.29 bits per heavy atom. The van der Waals surface area contributed by atoms with Gasteiger partial charge in [0.15, 0.2) is 11.0 Å². The second kappa shape index (κ2) is 14.0. The summed E-state index contributed by atoms with van der Waals surface area (Å²) in [6, 6.07) is 14.4. The van der Waals surface area contributed by atoms with Crippen molar-refractivity contribution in [1.29, 1.82) is 0 Å². The van der Waals surface area contributed by atoms with E-state index in [4.69, 9.17) is 14.2 Å². The SMILES string of the molecule is CCOC(=O)c1sc(NC(=O)CSc2nnc(-c3cc(OC)cc(OC)c3)n2CC)c(C(=O)Nc2ccccc2)c1C. The molecule has 0 radical (unpaired) electrons. The molecule has 0 fully saturated rings. The van der Waals surface area contributed by atoms with Crippen molar-refractivity contribution >= 4 is 51.6 Å². The zero-order valence-electron chi connectivity index (χ0n) is 23.8. The molecule has 0 unspecified atom stereocenters. The molecule has 11 nitrogen and oxygen atoms in total. The van der Waals surface area contributed by atoms with E-state index in [-0.39, 0.29) is 33.7 Å². The summed E-state index contributed by atoms with van der Waals surface area (Å²) < 4.78 is 17.8. The number of hydrogen-bond acceptors (Lipinski definition) is 10. The van der Waals surface area contributed by atoms with E-state index in [1.54, 1.807) is 58.4 Å². The first-order valence-corrected chi connectivity index (χ1v) is 14.9. The van der Waals surface area contributed by atoms with Gasteiger partial charge in [-0.25, -0.2) is 4.79 Å². The van der Waals surface area contributed by atoms with E-state index in [0.29, 0.717) is 40.3 Å². The molecule has 0 atom stereocenters. The molecule has 2 heterocycles. The number of carbonyl (C=O) groups excluding carboxylic acids is 3. The first-order valence-electron chi connectivity index (χ1n) is 13.1. The Bertz CT molecular complexity index is 1560. The average Bonchev–Trinajstić information content (AvgIpc) is 3.56. The van der Waals surface area contributed by atoms with Crippen molar-refractivity contribution < 1.29 is 28.6 Å². The number of para-hydroxylation sites is 1. The smallest absolute Gasteiger partial charge is 0.348 e. The third kappa shape index (κ3) is 6.92. The number of aromatic nitrogens is 3. The van der Waals surface area contributed by atoms with Crippen LogP contribution in [0.25, 0.3) is 11.4 Å². The third-order valence-corrected chi connectivity index (χ3v) is 8.25. The molecule has 0 saturated carbocycles. The van der Waals surface area contributed by atoms with Gasteiger partial charge in [0.1, 0.15) is 21.4 Å².